The normalized spacial score (nSPS) is 41.1. The predicted octanol–water partition coefficient (Wildman–Crippen LogP) is 3.03. The Morgan fingerprint density at radius 1 is 1.38 bits per heavy atom. The van der Waals surface area contributed by atoms with E-state index in [2.05, 4.69) is 16.8 Å². The van der Waals surface area contributed by atoms with Gasteiger partial charge in [-0.15, -0.1) is 6.58 Å². The van der Waals surface area contributed by atoms with Gasteiger partial charge in [-0.2, -0.15) is 10.2 Å². The van der Waals surface area contributed by atoms with Gasteiger partial charge in [0.2, 0.25) is 0 Å². The van der Waals surface area contributed by atoms with Crippen LogP contribution in [-0.2, 0) is 0 Å². The molecule has 0 N–H and O–H groups in total. The van der Waals surface area contributed by atoms with Gasteiger partial charge in [-0.1, -0.05) is 6.08 Å². The highest BCUT2D eigenvalue weighted by molar-refractivity contribution is 5.88. The number of fused-ring (bicyclic) bond motifs is 2. The third-order valence-corrected chi connectivity index (χ3v) is 4.19. The summed E-state index contributed by atoms with van der Waals surface area (Å²) in [5, 5.41) is 8.55. The molecule has 0 saturated heterocycles. The van der Waals surface area contributed by atoms with Crippen LogP contribution in [0.3, 0.4) is 0 Å². The molecule has 2 aliphatic heterocycles. The summed E-state index contributed by atoms with van der Waals surface area (Å²) in [7, 11) is 0. The average Bonchev–Trinajstić information content (AvgIpc) is 2.73. The molecule has 3 heteroatoms. The highest BCUT2D eigenvalue weighted by Crippen LogP contribution is 2.38. The van der Waals surface area contributed by atoms with Crippen molar-refractivity contribution in [3.8, 4) is 0 Å². The van der Waals surface area contributed by atoms with Gasteiger partial charge in [-0.3, -0.25) is 4.99 Å². The Bertz CT molecular complexity index is 345. The van der Waals surface area contributed by atoms with Crippen LogP contribution in [0.1, 0.15) is 32.1 Å². The molecule has 0 bridgehead atoms. The molecule has 4 unspecified atom stereocenters. The second-order valence-corrected chi connectivity index (χ2v) is 5.28. The van der Waals surface area contributed by atoms with Gasteiger partial charge in [-0.25, -0.2) is 0 Å². The van der Waals surface area contributed by atoms with Crippen LogP contribution in [0, 0.1) is 11.8 Å². The summed E-state index contributed by atoms with van der Waals surface area (Å²) in [5.41, 5.74) is 1.46. The van der Waals surface area contributed by atoms with Crippen molar-refractivity contribution in [2.75, 3.05) is 6.54 Å². The molecule has 1 saturated carbocycles. The van der Waals surface area contributed by atoms with E-state index in [0.717, 1.165) is 19.4 Å². The number of hydrogen-bond acceptors (Lipinski definition) is 3. The van der Waals surface area contributed by atoms with Crippen LogP contribution < -0.4 is 0 Å². The molecule has 0 aromatic rings. The summed E-state index contributed by atoms with van der Waals surface area (Å²) < 4.78 is 0. The van der Waals surface area contributed by atoms with Crippen LogP contribution >= 0.6 is 0 Å². The number of hydrogen-bond donors (Lipinski definition) is 0. The summed E-state index contributed by atoms with van der Waals surface area (Å²) in [6, 6.07) is 1.02. The second kappa shape index (κ2) is 4.11. The Morgan fingerprint density at radius 2 is 2.31 bits per heavy atom. The van der Waals surface area contributed by atoms with Gasteiger partial charge in [0, 0.05) is 11.6 Å². The lowest BCUT2D eigenvalue weighted by Crippen LogP contribution is -2.37. The average molecular weight is 217 g/mol. The van der Waals surface area contributed by atoms with E-state index >= 15 is 0 Å². The van der Waals surface area contributed by atoms with E-state index in [1.807, 2.05) is 6.08 Å². The van der Waals surface area contributed by atoms with Crippen molar-refractivity contribution in [3.05, 3.63) is 12.7 Å². The van der Waals surface area contributed by atoms with Crippen LogP contribution in [0.25, 0.3) is 0 Å². The Balaban J connectivity index is 1.75. The SMILES string of the molecule is C=CCC1CCC2CC3N=NCC3CC2=N1. The molecule has 1 fully saturated rings. The molecule has 86 valence electrons. The molecule has 1 aliphatic carbocycles. The number of azo groups is 1. The van der Waals surface area contributed by atoms with Crippen molar-refractivity contribution < 1.29 is 0 Å². The molecule has 16 heavy (non-hydrogen) atoms. The van der Waals surface area contributed by atoms with Crippen molar-refractivity contribution in [3.63, 3.8) is 0 Å². The zero-order valence-corrected chi connectivity index (χ0v) is 9.68. The first-order valence-electron chi connectivity index (χ1n) is 6.41. The molecular weight excluding hydrogens is 198 g/mol. The summed E-state index contributed by atoms with van der Waals surface area (Å²) in [4.78, 5) is 4.92. The summed E-state index contributed by atoms with van der Waals surface area (Å²) in [6.45, 7) is 4.75. The molecule has 0 amide bonds. The molecule has 3 nitrogen and oxygen atoms in total. The topological polar surface area (TPSA) is 37.1 Å². The monoisotopic (exact) mass is 217 g/mol. The Kier molecular flexibility index (Phi) is 2.62. The fourth-order valence-corrected chi connectivity index (χ4v) is 3.27. The molecule has 4 atom stereocenters. The van der Waals surface area contributed by atoms with E-state index < -0.39 is 0 Å². The van der Waals surface area contributed by atoms with E-state index in [1.54, 1.807) is 0 Å². The van der Waals surface area contributed by atoms with Crippen LogP contribution in [0.2, 0.25) is 0 Å². The maximum Gasteiger partial charge on any atom is 0.0764 e. The number of rotatable bonds is 2. The lowest BCUT2D eigenvalue weighted by atomic mass is 9.74. The van der Waals surface area contributed by atoms with E-state index in [4.69, 9.17) is 4.99 Å². The van der Waals surface area contributed by atoms with E-state index in [0.29, 0.717) is 23.9 Å². The van der Waals surface area contributed by atoms with Gasteiger partial charge in [0.15, 0.2) is 0 Å². The van der Waals surface area contributed by atoms with Crippen LogP contribution in [0.4, 0.5) is 0 Å². The maximum atomic E-state index is 4.92. The summed E-state index contributed by atoms with van der Waals surface area (Å²) in [6.07, 6.45) is 7.93. The summed E-state index contributed by atoms with van der Waals surface area (Å²) in [5.74, 6) is 1.37. The lowest BCUT2D eigenvalue weighted by molar-refractivity contribution is 0.346. The second-order valence-electron chi connectivity index (χ2n) is 5.28. The van der Waals surface area contributed by atoms with E-state index in [1.165, 1.54) is 25.0 Å². The van der Waals surface area contributed by atoms with Crippen LogP contribution in [0.15, 0.2) is 27.9 Å². The Labute approximate surface area is 96.8 Å². The molecule has 0 radical (unpaired) electrons. The third kappa shape index (κ3) is 1.72. The minimum Gasteiger partial charge on any atom is -0.290 e. The van der Waals surface area contributed by atoms with Gasteiger partial charge in [0.1, 0.15) is 0 Å². The maximum absolute atomic E-state index is 4.92. The van der Waals surface area contributed by atoms with Crippen molar-refractivity contribution >= 4 is 5.71 Å². The van der Waals surface area contributed by atoms with Crippen LogP contribution in [0.5, 0.6) is 0 Å². The largest absolute Gasteiger partial charge is 0.290 e. The predicted molar refractivity (Wildman–Crippen MR) is 65.0 cm³/mol. The first kappa shape index (κ1) is 10.2. The third-order valence-electron chi connectivity index (χ3n) is 4.19. The minimum atomic E-state index is 0.510. The van der Waals surface area contributed by atoms with Crippen molar-refractivity contribution in [1.29, 1.82) is 0 Å². The van der Waals surface area contributed by atoms with E-state index in [9.17, 15) is 0 Å². The van der Waals surface area contributed by atoms with Gasteiger partial charge in [0.05, 0.1) is 18.6 Å². The molecule has 0 aromatic heterocycles. The van der Waals surface area contributed by atoms with Crippen molar-refractivity contribution in [2.24, 2.45) is 27.1 Å². The summed E-state index contributed by atoms with van der Waals surface area (Å²) >= 11 is 0. The number of nitrogens with zero attached hydrogens (tertiary/aromatic N) is 3. The van der Waals surface area contributed by atoms with Gasteiger partial charge in [0.25, 0.3) is 0 Å². The molecular formula is C13H19N3. The lowest BCUT2D eigenvalue weighted by Gasteiger charge is -2.35. The highest BCUT2D eigenvalue weighted by Gasteiger charge is 2.38. The zero-order valence-electron chi connectivity index (χ0n) is 9.68. The van der Waals surface area contributed by atoms with Crippen molar-refractivity contribution in [2.45, 2.75) is 44.2 Å². The minimum absolute atomic E-state index is 0.510. The van der Waals surface area contributed by atoms with Gasteiger partial charge >= 0.3 is 0 Å². The molecule has 2 heterocycles. The molecule has 3 aliphatic rings. The van der Waals surface area contributed by atoms with E-state index in [-0.39, 0.29) is 0 Å². The first-order valence-corrected chi connectivity index (χ1v) is 6.41. The Morgan fingerprint density at radius 3 is 3.19 bits per heavy atom. The smallest absolute Gasteiger partial charge is 0.0764 e. The number of aliphatic imine (C=N–C) groups is 1. The fraction of sp³-hybridized carbons (Fsp3) is 0.769. The zero-order chi connectivity index (χ0) is 11.0. The Hall–Kier alpha value is -0.990. The van der Waals surface area contributed by atoms with Gasteiger partial charge < -0.3 is 0 Å². The fourth-order valence-electron chi connectivity index (χ4n) is 3.27. The quantitative estimate of drug-likeness (QED) is 0.638. The molecule has 0 aromatic carbocycles. The van der Waals surface area contributed by atoms with Gasteiger partial charge in [-0.05, 0) is 38.0 Å². The highest BCUT2D eigenvalue weighted by atomic mass is 15.2. The first-order chi connectivity index (χ1) is 7.86. The van der Waals surface area contributed by atoms with Crippen LogP contribution in [-0.4, -0.2) is 24.3 Å². The standard InChI is InChI=1S/C13H19N3/c1-2-3-11-5-4-9-6-13-10(8-14-16-13)7-12(9)15-11/h2,9-11,13H,1,3-8H2. The molecule has 3 rings (SSSR count). The van der Waals surface area contributed by atoms with Crippen molar-refractivity contribution in [1.82, 2.24) is 0 Å². The molecule has 0 spiro atoms.